The van der Waals surface area contributed by atoms with Crippen LogP contribution in [0.2, 0.25) is 0 Å². The van der Waals surface area contributed by atoms with Crippen LogP contribution in [-0.2, 0) is 11.3 Å². The number of carbonyl (C=O) groups excluding carboxylic acids is 1. The summed E-state index contributed by atoms with van der Waals surface area (Å²) in [6.45, 7) is -0.268. The summed E-state index contributed by atoms with van der Waals surface area (Å²) in [5, 5.41) is 13.9. The summed E-state index contributed by atoms with van der Waals surface area (Å²) in [6.07, 6.45) is 0. The Morgan fingerprint density at radius 1 is 1.13 bits per heavy atom. The maximum atomic E-state index is 13.5. The van der Waals surface area contributed by atoms with Gasteiger partial charge in [0.1, 0.15) is 18.2 Å². The minimum absolute atomic E-state index is 0.238. The van der Waals surface area contributed by atoms with E-state index in [1.807, 2.05) is 30.3 Å². The molecule has 116 valence electrons. The number of halogens is 2. The van der Waals surface area contributed by atoms with Gasteiger partial charge < -0.3 is 5.32 Å². The van der Waals surface area contributed by atoms with Gasteiger partial charge in [-0.05, 0) is 17.3 Å². The third kappa shape index (κ3) is 3.54. The second-order valence-electron chi connectivity index (χ2n) is 4.68. The molecule has 0 spiro atoms. The van der Waals surface area contributed by atoms with Gasteiger partial charge in [0.25, 0.3) is 0 Å². The monoisotopic (exact) mass is 315 g/mol. The average molecular weight is 315 g/mol. The predicted octanol–water partition coefficient (Wildman–Crippen LogP) is 2.26. The molecule has 1 aromatic heterocycles. The molecule has 0 aliphatic heterocycles. The number of hydrogen-bond acceptors (Lipinski definition) is 4. The van der Waals surface area contributed by atoms with E-state index in [0.29, 0.717) is 5.82 Å². The Labute approximate surface area is 129 Å². The minimum atomic E-state index is -0.726. The molecule has 0 fully saturated rings. The number of aromatic nitrogens is 4. The number of benzene rings is 2. The third-order valence-electron chi connectivity index (χ3n) is 2.97. The van der Waals surface area contributed by atoms with Crippen LogP contribution < -0.4 is 5.32 Å². The number of anilines is 1. The second kappa shape index (κ2) is 6.30. The molecule has 1 N–H and O–H groups in total. The lowest BCUT2D eigenvalue weighted by Gasteiger charge is -2.05. The van der Waals surface area contributed by atoms with Gasteiger partial charge in [-0.2, -0.15) is 4.80 Å². The quantitative estimate of drug-likeness (QED) is 0.801. The van der Waals surface area contributed by atoms with Crippen molar-refractivity contribution in [1.29, 1.82) is 0 Å². The van der Waals surface area contributed by atoms with Crippen molar-refractivity contribution >= 4 is 11.6 Å². The first-order valence-electron chi connectivity index (χ1n) is 6.70. The third-order valence-corrected chi connectivity index (χ3v) is 2.97. The normalized spacial score (nSPS) is 10.5. The molecule has 0 unspecified atom stereocenters. The minimum Gasteiger partial charge on any atom is -0.322 e. The van der Waals surface area contributed by atoms with Gasteiger partial charge in [0, 0.05) is 11.6 Å². The Morgan fingerprint density at radius 2 is 1.91 bits per heavy atom. The fourth-order valence-corrected chi connectivity index (χ4v) is 1.92. The Hall–Kier alpha value is -3.16. The zero-order valence-corrected chi connectivity index (χ0v) is 11.8. The number of amides is 1. The van der Waals surface area contributed by atoms with Crippen LogP contribution in [0.1, 0.15) is 0 Å². The van der Waals surface area contributed by atoms with Crippen molar-refractivity contribution in [3.63, 3.8) is 0 Å². The van der Waals surface area contributed by atoms with E-state index in [1.165, 1.54) is 0 Å². The number of nitrogens with one attached hydrogen (secondary N) is 1. The lowest BCUT2D eigenvalue weighted by Crippen LogP contribution is -2.21. The average Bonchev–Trinajstić information content (AvgIpc) is 3.00. The van der Waals surface area contributed by atoms with Crippen molar-refractivity contribution in [3.05, 3.63) is 60.2 Å². The number of tetrazole rings is 1. The van der Waals surface area contributed by atoms with Crippen molar-refractivity contribution in [2.45, 2.75) is 6.54 Å². The topological polar surface area (TPSA) is 72.7 Å². The molecule has 0 saturated carbocycles. The smallest absolute Gasteiger partial charge is 0.248 e. The van der Waals surface area contributed by atoms with Crippen LogP contribution in [0.4, 0.5) is 14.5 Å². The van der Waals surface area contributed by atoms with Crippen LogP contribution >= 0.6 is 0 Å². The van der Waals surface area contributed by atoms with Crippen molar-refractivity contribution in [3.8, 4) is 11.4 Å². The highest BCUT2D eigenvalue weighted by Crippen LogP contribution is 2.15. The van der Waals surface area contributed by atoms with E-state index in [1.54, 1.807) is 0 Å². The zero-order chi connectivity index (χ0) is 16.2. The van der Waals surface area contributed by atoms with Crippen molar-refractivity contribution in [2.75, 3.05) is 5.32 Å². The van der Waals surface area contributed by atoms with Crippen LogP contribution in [0.3, 0.4) is 0 Å². The summed E-state index contributed by atoms with van der Waals surface area (Å²) in [4.78, 5) is 12.9. The lowest BCUT2D eigenvalue weighted by atomic mass is 10.2. The highest BCUT2D eigenvalue weighted by Gasteiger charge is 2.11. The van der Waals surface area contributed by atoms with E-state index in [-0.39, 0.29) is 12.2 Å². The summed E-state index contributed by atoms with van der Waals surface area (Å²) in [6, 6.07) is 11.9. The van der Waals surface area contributed by atoms with Gasteiger partial charge in [0.2, 0.25) is 11.7 Å². The fraction of sp³-hybridized carbons (Fsp3) is 0.0667. The molecule has 6 nitrogen and oxygen atoms in total. The van der Waals surface area contributed by atoms with E-state index in [2.05, 4.69) is 20.7 Å². The molecular formula is C15H11F2N5O. The molecule has 1 heterocycles. The number of carbonyl (C=O) groups is 1. The van der Waals surface area contributed by atoms with E-state index in [0.717, 1.165) is 28.6 Å². The first-order chi connectivity index (χ1) is 11.1. The number of hydrogen-bond donors (Lipinski definition) is 1. The summed E-state index contributed by atoms with van der Waals surface area (Å²) in [5.74, 6) is -1.59. The van der Waals surface area contributed by atoms with Crippen LogP contribution in [0, 0.1) is 11.6 Å². The van der Waals surface area contributed by atoms with Crippen LogP contribution in [0.5, 0.6) is 0 Å². The standard InChI is InChI=1S/C15H11F2N5O/c16-11-6-7-12(17)13(8-11)18-14(23)9-22-20-15(19-21-22)10-4-2-1-3-5-10/h1-8H,9H2,(H,18,23). The summed E-state index contributed by atoms with van der Waals surface area (Å²) in [7, 11) is 0. The van der Waals surface area contributed by atoms with E-state index in [4.69, 9.17) is 0 Å². The molecule has 0 aliphatic carbocycles. The van der Waals surface area contributed by atoms with Gasteiger partial charge in [0.15, 0.2) is 0 Å². The zero-order valence-electron chi connectivity index (χ0n) is 11.8. The van der Waals surface area contributed by atoms with Gasteiger partial charge in [-0.15, -0.1) is 10.2 Å². The predicted molar refractivity (Wildman–Crippen MR) is 78.2 cm³/mol. The Balaban J connectivity index is 1.69. The molecular weight excluding hydrogens is 304 g/mol. The van der Waals surface area contributed by atoms with Gasteiger partial charge in [-0.3, -0.25) is 4.79 Å². The first-order valence-corrected chi connectivity index (χ1v) is 6.70. The van der Waals surface area contributed by atoms with Gasteiger partial charge in [-0.1, -0.05) is 30.3 Å². The molecule has 0 radical (unpaired) electrons. The highest BCUT2D eigenvalue weighted by atomic mass is 19.1. The molecule has 0 bridgehead atoms. The van der Waals surface area contributed by atoms with Gasteiger partial charge >= 0.3 is 0 Å². The molecule has 3 aromatic rings. The Kier molecular flexibility index (Phi) is 4.05. The van der Waals surface area contributed by atoms with Crippen LogP contribution in [-0.4, -0.2) is 26.1 Å². The summed E-state index contributed by atoms with van der Waals surface area (Å²) >= 11 is 0. The molecule has 23 heavy (non-hydrogen) atoms. The molecule has 0 saturated heterocycles. The van der Waals surface area contributed by atoms with Crippen molar-refractivity contribution in [2.24, 2.45) is 0 Å². The highest BCUT2D eigenvalue weighted by molar-refractivity contribution is 5.90. The maximum Gasteiger partial charge on any atom is 0.248 e. The van der Waals surface area contributed by atoms with Crippen LogP contribution in [0.15, 0.2) is 48.5 Å². The van der Waals surface area contributed by atoms with E-state index in [9.17, 15) is 13.6 Å². The Bertz CT molecular complexity index is 835. The van der Waals surface area contributed by atoms with Crippen molar-refractivity contribution in [1.82, 2.24) is 20.2 Å². The van der Waals surface area contributed by atoms with E-state index >= 15 is 0 Å². The van der Waals surface area contributed by atoms with Gasteiger partial charge in [0.05, 0.1) is 5.69 Å². The maximum absolute atomic E-state index is 13.5. The van der Waals surface area contributed by atoms with E-state index < -0.39 is 17.5 Å². The molecule has 1 amide bonds. The molecule has 2 aromatic carbocycles. The van der Waals surface area contributed by atoms with Crippen LogP contribution in [0.25, 0.3) is 11.4 Å². The number of nitrogens with zero attached hydrogens (tertiary/aromatic N) is 4. The first kappa shape index (κ1) is 14.8. The molecule has 3 rings (SSSR count). The molecule has 8 heteroatoms. The lowest BCUT2D eigenvalue weighted by molar-refractivity contribution is -0.117. The SMILES string of the molecule is O=C(Cn1nnc(-c2ccccc2)n1)Nc1cc(F)ccc1F. The molecule has 0 atom stereocenters. The Morgan fingerprint density at radius 3 is 2.70 bits per heavy atom. The second-order valence-corrected chi connectivity index (χ2v) is 4.68. The van der Waals surface area contributed by atoms with Crippen molar-refractivity contribution < 1.29 is 13.6 Å². The van der Waals surface area contributed by atoms with Gasteiger partial charge in [-0.25, -0.2) is 8.78 Å². The fourth-order valence-electron chi connectivity index (χ4n) is 1.92. The summed E-state index contributed by atoms with van der Waals surface area (Å²) in [5.41, 5.74) is 0.522. The largest absolute Gasteiger partial charge is 0.322 e. The summed E-state index contributed by atoms with van der Waals surface area (Å²) < 4.78 is 26.5. The molecule has 0 aliphatic rings. The number of rotatable bonds is 4.